The average molecular weight is 361 g/mol. The smallest absolute Gasteiger partial charge is 0.301 e. The van der Waals surface area contributed by atoms with E-state index in [9.17, 15) is 4.79 Å². The zero-order valence-electron chi connectivity index (χ0n) is 13.9. The number of aryl methyl sites for hydroxylation is 3. The summed E-state index contributed by atoms with van der Waals surface area (Å²) in [5.41, 5.74) is 2.65. The van der Waals surface area contributed by atoms with Gasteiger partial charge in [-0.15, -0.1) is 0 Å². The molecule has 0 saturated heterocycles. The number of carbonyl (C=O) groups is 1. The SMILES string of the molecule is CCc1ccc2c(c1)sc(=NC(=O)c1cc(C)on1)n2CCSC. The summed E-state index contributed by atoms with van der Waals surface area (Å²) in [7, 11) is 0. The molecule has 24 heavy (non-hydrogen) atoms. The van der Waals surface area contributed by atoms with Crippen LogP contribution in [-0.2, 0) is 13.0 Å². The van der Waals surface area contributed by atoms with Gasteiger partial charge in [-0.2, -0.15) is 16.8 Å². The third-order valence-electron chi connectivity index (χ3n) is 3.72. The van der Waals surface area contributed by atoms with E-state index in [2.05, 4.69) is 46.1 Å². The van der Waals surface area contributed by atoms with Crippen LogP contribution in [0.25, 0.3) is 10.2 Å². The monoisotopic (exact) mass is 361 g/mol. The first kappa shape index (κ1) is 17.0. The van der Waals surface area contributed by atoms with Crippen molar-refractivity contribution in [3.05, 3.63) is 46.1 Å². The van der Waals surface area contributed by atoms with Crippen LogP contribution in [0.5, 0.6) is 0 Å². The molecule has 0 radical (unpaired) electrons. The van der Waals surface area contributed by atoms with Gasteiger partial charge in [0.25, 0.3) is 0 Å². The quantitative estimate of drug-likeness (QED) is 0.696. The lowest BCUT2D eigenvalue weighted by Crippen LogP contribution is -2.18. The maximum absolute atomic E-state index is 12.4. The van der Waals surface area contributed by atoms with E-state index in [4.69, 9.17) is 4.52 Å². The average Bonchev–Trinajstić information content (AvgIpc) is 3.15. The van der Waals surface area contributed by atoms with E-state index in [1.807, 2.05) is 0 Å². The second-order valence-corrected chi connectivity index (χ2v) is 7.42. The number of fused-ring (bicyclic) bond motifs is 1. The van der Waals surface area contributed by atoms with E-state index in [0.717, 1.165) is 28.9 Å². The minimum atomic E-state index is -0.368. The van der Waals surface area contributed by atoms with Gasteiger partial charge in [0.15, 0.2) is 10.5 Å². The third-order valence-corrected chi connectivity index (χ3v) is 5.35. The molecular formula is C17H19N3O2S2. The standard InChI is InChI=1S/C17H19N3O2S2/c1-4-12-5-6-14-15(10-12)24-17(20(14)7-8-23-3)18-16(21)13-9-11(2)22-19-13/h5-6,9-10H,4,7-8H2,1-3H3. The molecule has 3 rings (SSSR count). The van der Waals surface area contributed by atoms with Crippen LogP contribution < -0.4 is 4.80 Å². The van der Waals surface area contributed by atoms with Crippen LogP contribution in [0.1, 0.15) is 28.7 Å². The van der Waals surface area contributed by atoms with Gasteiger partial charge in [-0.1, -0.05) is 29.5 Å². The molecule has 0 bridgehead atoms. The first-order valence-corrected chi connectivity index (χ1v) is 9.97. The summed E-state index contributed by atoms with van der Waals surface area (Å²) < 4.78 is 8.23. The second kappa shape index (κ2) is 7.36. The molecule has 5 nitrogen and oxygen atoms in total. The van der Waals surface area contributed by atoms with Crippen LogP contribution in [0, 0.1) is 6.92 Å². The molecule has 0 spiro atoms. The Balaban J connectivity index is 2.10. The molecular weight excluding hydrogens is 342 g/mol. The largest absolute Gasteiger partial charge is 0.361 e. The van der Waals surface area contributed by atoms with E-state index in [0.29, 0.717) is 10.6 Å². The molecule has 0 saturated carbocycles. The van der Waals surface area contributed by atoms with Crippen molar-refractivity contribution < 1.29 is 9.32 Å². The van der Waals surface area contributed by atoms with E-state index >= 15 is 0 Å². The van der Waals surface area contributed by atoms with Crippen molar-refractivity contribution in [3.63, 3.8) is 0 Å². The molecule has 0 aliphatic rings. The molecule has 1 aromatic carbocycles. The Labute approximate surface area is 148 Å². The van der Waals surface area contributed by atoms with Crippen LogP contribution in [0.15, 0.2) is 33.8 Å². The first-order valence-electron chi connectivity index (χ1n) is 7.76. The number of carbonyl (C=O) groups excluding carboxylic acids is 1. The zero-order chi connectivity index (χ0) is 17.1. The molecule has 126 valence electrons. The normalized spacial score (nSPS) is 12.2. The number of benzene rings is 1. The number of amides is 1. The molecule has 0 fully saturated rings. The highest BCUT2D eigenvalue weighted by Gasteiger charge is 2.12. The maximum atomic E-state index is 12.4. The lowest BCUT2D eigenvalue weighted by Gasteiger charge is -2.04. The number of aromatic nitrogens is 2. The predicted octanol–water partition coefficient (Wildman–Crippen LogP) is 3.67. The van der Waals surface area contributed by atoms with Crippen LogP contribution in [0.3, 0.4) is 0 Å². The zero-order valence-corrected chi connectivity index (χ0v) is 15.5. The summed E-state index contributed by atoms with van der Waals surface area (Å²) in [5.74, 6) is 1.20. The summed E-state index contributed by atoms with van der Waals surface area (Å²) in [6.45, 7) is 4.71. The highest BCUT2D eigenvalue weighted by molar-refractivity contribution is 7.98. The predicted molar refractivity (Wildman–Crippen MR) is 98.7 cm³/mol. The Bertz CT molecular complexity index is 937. The fourth-order valence-corrected chi connectivity index (χ4v) is 3.92. The molecule has 0 atom stereocenters. The van der Waals surface area contributed by atoms with Crippen LogP contribution in [-0.4, -0.2) is 27.6 Å². The Morgan fingerprint density at radius 2 is 2.25 bits per heavy atom. The number of rotatable bonds is 5. The van der Waals surface area contributed by atoms with Crippen LogP contribution >= 0.6 is 23.1 Å². The molecule has 3 aromatic rings. The summed E-state index contributed by atoms with van der Waals surface area (Å²) in [6, 6.07) is 8.05. The molecule has 0 aliphatic heterocycles. The number of nitrogens with zero attached hydrogens (tertiary/aromatic N) is 3. The van der Waals surface area contributed by atoms with Gasteiger partial charge in [-0.3, -0.25) is 4.79 Å². The van der Waals surface area contributed by atoms with Gasteiger partial charge in [-0.25, -0.2) is 0 Å². The summed E-state index contributed by atoms with van der Waals surface area (Å²) >= 11 is 3.31. The molecule has 0 unspecified atom stereocenters. The second-order valence-electron chi connectivity index (χ2n) is 5.42. The van der Waals surface area contributed by atoms with Crippen molar-refractivity contribution in [2.45, 2.75) is 26.8 Å². The number of hydrogen-bond donors (Lipinski definition) is 0. The highest BCUT2D eigenvalue weighted by atomic mass is 32.2. The van der Waals surface area contributed by atoms with Gasteiger partial charge in [0, 0.05) is 18.4 Å². The number of thioether (sulfide) groups is 1. The molecule has 1 amide bonds. The lowest BCUT2D eigenvalue weighted by atomic mass is 10.2. The molecule has 0 aliphatic carbocycles. The van der Waals surface area contributed by atoms with E-state index < -0.39 is 0 Å². The Kier molecular flexibility index (Phi) is 5.20. The minimum Gasteiger partial charge on any atom is -0.361 e. The van der Waals surface area contributed by atoms with Crippen molar-refractivity contribution in [2.75, 3.05) is 12.0 Å². The first-order chi connectivity index (χ1) is 11.6. The van der Waals surface area contributed by atoms with Crippen LogP contribution in [0.4, 0.5) is 0 Å². The highest BCUT2D eigenvalue weighted by Crippen LogP contribution is 2.20. The van der Waals surface area contributed by atoms with Crippen molar-refractivity contribution in [1.29, 1.82) is 0 Å². The summed E-state index contributed by atoms with van der Waals surface area (Å²) in [4.78, 5) is 17.4. The van der Waals surface area contributed by atoms with Crippen molar-refractivity contribution >= 4 is 39.2 Å². The fourth-order valence-electron chi connectivity index (χ4n) is 2.43. The van der Waals surface area contributed by atoms with Gasteiger partial charge in [0.2, 0.25) is 0 Å². The van der Waals surface area contributed by atoms with Crippen molar-refractivity contribution in [2.24, 2.45) is 4.99 Å². The van der Waals surface area contributed by atoms with Crippen LogP contribution in [0.2, 0.25) is 0 Å². The Morgan fingerprint density at radius 1 is 1.42 bits per heavy atom. The fraction of sp³-hybridized carbons (Fsp3) is 0.353. The van der Waals surface area contributed by atoms with Gasteiger partial charge in [0.05, 0.1) is 10.2 Å². The van der Waals surface area contributed by atoms with E-state index in [-0.39, 0.29) is 11.6 Å². The molecule has 7 heteroatoms. The molecule has 0 N–H and O–H groups in total. The summed E-state index contributed by atoms with van der Waals surface area (Å²) in [5, 5.41) is 3.76. The topological polar surface area (TPSA) is 60.4 Å². The van der Waals surface area contributed by atoms with Gasteiger partial charge < -0.3 is 9.09 Å². The molecule has 2 heterocycles. The van der Waals surface area contributed by atoms with E-state index in [1.165, 1.54) is 5.56 Å². The lowest BCUT2D eigenvalue weighted by molar-refractivity contribution is 0.0989. The number of hydrogen-bond acceptors (Lipinski definition) is 5. The summed E-state index contributed by atoms with van der Waals surface area (Å²) in [6.07, 6.45) is 3.06. The Hall–Kier alpha value is -1.86. The van der Waals surface area contributed by atoms with Gasteiger partial charge in [0.1, 0.15) is 5.76 Å². The maximum Gasteiger partial charge on any atom is 0.301 e. The van der Waals surface area contributed by atoms with Crippen molar-refractivity contribution in [1.82, 2.24) is 9.72 Å². The van der Waals surface area contributed by atoms with E-state index in [1.54, 1.807) is 36.1 Å². The molecule has 2 aromatic heterocycles. The van der Waals surface area contributed by atoms with Gasteiger partial charge >= 0.3 is 5.91 Å². The minimum absolute atomic E-state index is 0.246. The van der Waals surface area contributed by atoms with Crippen molar-refractivity contribution in [3.8, 4) is 0 Å². The Morgan fingerprint density at radius 3 is 2.92 bits per heavy atom. The van der Waals surface area contributed by atoms with Gasteiger partial charge in [-0.05, 0) is 37.3 Å². The third kappa shape index (κ3) is 3.47. The number of thiazole rings is 1.